The van der Waals surface area contributed by atoms with Crippen molar-refractivity contribution < 1.29 is 4.79 Å². The Morgan fingerprint density at radius 1 is 1.14 bits per heavy atom. The molecule has 1 amide bonds. The third-order valence-corrected chi connectivity index (χ3v) is 4.34. The topological polar surface area (TPSA) is 34.0 Å². The highest BCUT2D eigenvalue weighted by Gasteiger charge is 2.14. The largest absolute Gasteiger partial charge is 0.347 e. The van der Waals surface area contributed by atoms with Gasteiger partial charge in [0.1, 0.15) is 4.88 Å². The van der Waals surface area contributed by atoms with E-state index in [2.05, 4.69) is 18.3 Å². The molecule has 1 N–H and O–H groups in total. The van der Waals surface area contributed by atoms with Gasteiger partial charge < -0.3 is 9.88 Å². The minimum Gasteiger partial charge on any atom is -0.347 e. The van der Waals surface area contributed by atoms with Gasteiger partial charge in [-0.25, -0.2) is 0 Å². The van der Waals surface area contributed by atoms with Crippen LogP contribution in [0.2, 0.25) is 0 Å². The number of hydrogen-bond acceptors (Lipinski definition) is 2. The molecule has 0 unspecified atom stereocenters. The van der Waals surface area contributed by atoms with E-state index in [-0.39, 0.29) is 5.91 Å². The lowest BCUT2D eigenvalue weighted by Gasteiger charge is -2.09. The van der Waals surface area contributed by atoms with Crippen molar-refractivity contribution in [1.29, 1.82) is 0 Å². The highest BCUT2D eigenvalue weighted by atomic mass is 32.1. The van der Waals surface area contributed by atoms with Crippen molar-refractivity contribution in [2.75, 3.05) is 0 Å². The van der Waals surface area contributed by atoms with Crippen molar-refractivity contribution in [3.05, 3.63) is 76.2 Å². The average Bonchev–Trinajstić information content (AvgIpc) is 3.16. The Kier molecular flexibility index (Phi) is 3.88. The zero-order chi connectivity index (χ0) is 14.7. The fraction of sp³-hybridized carbons (Fsp3) is 0.118. The van der Waals surface area contributed by atoms with Crippen molar-refractivity contribution >= 4 is 17.2 Å². The Labute approximate surface area is 127 Å². The molecule has 106 valence electrons. The number of amides is 1. The van der Waals surface area contributed by atoms with Crippen LogP contribution in [0.5, 0.6) is 0 Å². The van der Waals surface area contributed by atoms with Crippen molar-refractivity contribution in [2.24, 2.45) is 0 Å². The number of carbonyl (C=O) groups is 1. The van der Waals surface area contributed by atoms with Crippen LogP contribution in [0.4, 0.5) is 0 Å². The lowest BCUT2D eigenvalue weighted by molar-refractivity contribution is 0.0955. The molecule has 3 rings (SSSR count). The Hall–Kier alpha value is -2.33. The Balaban J connectivity index is 1.75. The predicted molar refractivity (Wildman–Crippen MR) is 86.0 cm³/mol. The summed E-state index contributed by atoms with van der Waals surface area (Å²) in [5.41, 5.74) is 3.26. The fourth-order valence-electron chi connectivity index (χ4n) is 2.24. The summed E-state index contributed by atoms with van der Waals surface area (Å²) in [7, 11) is 0. The van der Waals surface area contributed by atoms with Crippen molar-refractivity contribution in [3.8, 4) is 5.69 Å². The maximum absolute atomic E-state index is 12.4. The molecule has 0 radical (unpaired) electrons. The van der Waals surface area contributed by atoms with Crippen LogP contribution in [0.1, 0.15) is 20.8 Å². The van der Waals surface area contributed by atoms with E-state index in [4.69, 9.17) is 0 Å². The van der Waals surface area contributed by atoms with Gasteiger partial charge in [0.05, 0.1) is 5.69 Å². The molecule has 3 aromatic rings. The molecule has 3 nitrogen and oxygen atoms in total. The molecule has 2 heterocycles. The molecule has 0 aliphatic rings. The number of nitrogens with zero attached hydrogens (tertiary/aromatic N) is 1. The lowest BCUT2D eigenvalue weighted by Crippen LogP contribution is -2.23. The van der Waals surface area contributed by atoms with Crippen molar-refractivity contribution in [3.63, 3.8) is 0 Å². The first kappa shape index (κ1) is 13.6. The first-order valence-electron chi connectivity index (χ1n) is 6.79. The minimum atomic E-state index is -0.0306. The fourth-order valence-corrected chi connectivity index (χ4v) is 3.04. The van der Waals surface area contributed by atoms with E-state index in [1.807, 2.05) is 58.7 Å². The van der Waals surface area contributed by atoms with Gasteiger partial charge in [0.25, 0.3) is 5.91 Å². The molecule has 0 spiro atoms. The lowest BCUT2D eigenvalue weighted by atomic mass is 10.1. The second-order valence-electron chi connectivity index (χ2n) is 4.83. The van der Waals surface area contributed by atoms with Crippen molar-refractivity contribution in [2.45, 2.75) is 13.5 Å². The zero-order valence-corrected chi connectivity index (χ0v) is 12.6. The van der Waals surface area contributed by atoms with Gasteiger partial charge in [-0.1, -0.05) is 24.3 Å². The molecule has 0 fully saturated rings. The number of benzene rings is 1. The summed E-state index contributed by atoms with van der Waals surface area (Å²) >= 11 is 1.46. The number of aromatic nitrogens is 1. The number of aryl methyl sites for hydroxylation is 1. The van der Waals surface area contributed by atoms with Crippen LogP contribution in [0.25, 0.3) is 5.69 Å². The highest BCUT2D eigenvalue weighted by molar-refractivity contribution is 7.12. The Morgan fingerprint density at radius 2 is 1.90 bits per heavy atom. The van der Waals surface area contributed by atoms with E-state index in [0.29, 0.717) is 6.54 Å². The van der Waals surface area contributed by atoms with E-state index >= 15 is 0 Å². The molecule has 4 heteroatoms. The number of hydrogen-bond donors (Lipinski definition) is 1. The summed E-state index contributed by atoms with van der Waals surface area (Å²) in [4.78, 5) is 13.1. The van der Waals surface area contributed by atoms with Gasteiger partial charge in [0, 0.05) is 18.9 Å². The van der Waals surface area contributed by atoms with Crippen LogP contribution >= 0.6 is 11.3 Å². The van der Waals surface area contributed by atoms with E-state index < -0.39 is 0 Å². The molecule has 0 saturated heterocycles. The van der Waals surface area contributed by atoms with E-state index in [1.54, 1.807) is 0 Å². The molecule has 0 aliphatic heterocycles. The average molecular weight is 296 g/mol. The first-order valence-corrected chi connectivity index (χ1v) is 7.67. The van der Waals surface area contributed by atoms with Crippen LogP contribution in [-0.4, -0.2) is 10.5 Å². The van der Waals surface area contributed by atoms with Gasteiger partial charge >= 0.3 is 0 Å². The van der Waals surface area contributed by atoms with Crippen LogP contribution in [0, 0.1) is 6.92 Å². The third-order valence-electron chi connectivity index (χ3n) is 3.43. The van der Waals surface area contributed by atoms with Crippen LogP contribution in [-0.2, 0) is 6.54 Å². The van der Waals surface area contributed by atoms with Crippen molar-refractivity contribution in [1.82, 2.24) is 9.88 Å². The van der Waals surface area contributed by atoms with Gasteiger partial charge in [-0.15, -0.1) is 11.3 Å². The van der Waals surface area contributed by atoms with Crippen LogP contribution < -0.4 is 5.32 Å². The van der Waals surface area contributed by atoms with E-state index in [0.717, 1.165) is 16.1 Å². The summed E-state index contributed by atoms with van der Waals surface area (Å²) < 4.78 is 1.96. The number of nitrogens with one attached hydrogen (secondary N) is 1. The molecule has 1 aromatic carbocycles. The molecule has 21 heavy (non-hydrogen) atoms. The minimum absolute atomic E-state index is 0.0306. The third kappa shape index (κ3) is 2.90. The maximum atomic E-state index is 12.4. The highest BCUT2D eigenvalue weighted by Crippen LogP contribution is 2.21. The Bertz CT molecular complexity index is 744. The second kappa shape index (κ2) is 5.97. The quantitative estimate of drug-likeness (QED) is 0.781. The molecular formula is C17H16N2OS. The molecule has 0 bridgehead atoms. The summed E-state index contributed by atoms with van der Waals surface area (Å²) in [5.74, 6) is -0.0306. The van der Waals surface area contributed by atoms with Crippen LogP contribution in [0.15, 0.2) is 60.2 Å². The molecular weight excluding hydrogens is 280 g/mol. The summed E-state index contributed by atoms with van der Waals surface area (Å²) in [6, 6.07) is 14.0. The second-order valence-corrected chi connectivity index (χ2v) is 5.75. The number of thiophene rings is 1. The van der Waals surface area contributed by atoms with Gasteiger partial charge in [-0.3, -0.25) is 4.79 Å². The molecule has 2 aromatic heterocycles. The Morgan fingerprint density at radius 3 is 2.67 bits per heavy atom. The zero-order valence-electron chi connectivity index (χ0n) is 11.7. The molecule has 0 aliphatic carbocycles. The van der Waals surface area contributed by atoms with E-state index in [1.165, 1.54) is 16.9 Å². The molecule has 0 atom stereocenters. The van der Waals surface area contributed by atoms with Gasteiger partial charge in [0.2, 0.25) is 0 Å². The van der Waals surface area contributed by atoms with E-state index in [9.17, 15) is 4.79 Å². The summed E-state index contributed by atoms with van der Waals surface area (Å²) in [6.07, 6.45) is 3.89. The van der Waals surface area contributed by atoms with Gasteiger partial charge in [-0.05, 0) is 41.6 Å². The van der Waals surface area contributed by atoms with Crippen LogP contribution in [0.3, 0.4) is 0 Å². The molecule has 0 saturated carbocycles. The predicted octanol–water partition coefficient (Wildman–Crippen LogP) is 3.78. The number of rotatable bonds is 4. The SMILES string of the molecule is Cc1ccccc1CNC(=O)c1sccc1-n1cccc1. The monoisotopic (exact) mass is 296 g/mol. The standard InChI is InChI=1S/C17H16N2OS/c1-13-6-2-3-7-14(13)12-18-17(20)16-15(8-11-21-16)19-9-4-5-10-19/h2-11H,12H2,1H3,(H,18,20). The summed E-state index contributed by atoms with van der Waals surface area (Å²) in [5, 5.41) is 4.95. The van der Waals surface area contributed by atoms with Gasteiger partial charge in [0.15, 0.2) is 0 Å². The maximum Gasteiger partial charge on any atom is 0.263 e. The smallest absolute Gasteiger partial charge is 0.263 e. The van der Waals surface area contributed by atoms with Gasteiger partial charge in [-0.2, -0.15) is 0 Å². The summed E-state index contributed by atoms with van der Waals surface area (Å²) in [6.45, 7) is 2.60. The number of carbonyl (C=O) groups excluding carboxylic acids is 1. The first-order chi connectivity index (χ1) is 10.3. The normalized spacial score (nSPS) is 10.5.